The summed E-state index contributed by atoms with van der Waals surface area (Å²) >= 11 is 0. The van der Waals surface area contributed by atoms with Gasteiger partial charge in [0.2, 0.25) is 0 Å². The summed E-state index contributed by atoms with van der Waals surface area (Å²) in [6.45, 7) is 4.05. The van der Waals surface area contributed by atoms with Crippen LogP contribution < -0.4 is 0 Å². The van der Waals surface area contributed by atoms with Gasteiger partial charge in [0, 0.05) is 0 Å². The van der Waals surface area contributed by atoms with E-state index in [0.29, 0.717) is 11.8 Å². The van der Waals surface area contributed by atoms with Crippen molar-refractivity contribution in [3.8, 4) is 0 Å². The topological polar surface area (TPSA) is 0 Å². The summed E-state index contributed by atoms with van der Waals surface area (Å²) in [6.07, 6.45) is 10.8. The molecule has 0 nitrogen and oxygen atoms in total. The zero-order chi connectivity index (χ0) is 11.6. The number of alkyl halides is 1. The molecule has 0 N–H and O–H groups in total. The second kappa shape index (κ2) is 4.59. The van der Waals surface area contributed by atoms with Gasteiger partial charge in [0.15, 0.2) is 0 Å². The van der Waals surface area contributed by atoms with E-state index in [1.165, 1.54) is 5.57 Å². The first kappa shape index (κ1) is 11.7. The fraction of sp³-hybridized carbons (Fsp3) is 0.667. The number of halogens is 1. The van der Waals surface area contributed by atoms with Gasteiger partial charge < -0.3 is 0 Å². The van der Waals surface area contributed by atoms with Crippen molar-refractivity contribution >= 4 is 0 Å². The Hall–Kier alpha value is -0.810. The molecular weight excluding hydrogens is 199 g/mol. The number of hydrogen-bond donors (Lipinski definition) is 0. The van der Waals surface area contributed by atoms with Gasteiger partial charge in [-0.2, -0.15) is 0 Å². The van der Waals surface area contributed by atoms with Gasteiger partial charge in [0.1, 0.15) is 5.67 Å². The highest BCUT2D eigenvalue weighted by Gasteiger charge is 2.32. The molecule has 0 heterocycles. The zero-order valence-electron chi connectivity index (χ0n) is 10.3. The van der Waals surface area contributed by atoms with Crippen LogP contribution in [0.1, 0.15) is 46.0 Å². The van der Waals surface area contributed by atoms with Crippen LogP contribution in [0.2, 0.25) is 0 Å². The lowest BCUT2D eigenvalue weighted by Crippen LogP contribution is -2.28. The summed E-state index contributed by atoms with van der Waals surface area (Å²) in [5.74, 6) is 1.36. The lowest BCUT2D eigenvalue weighted by Gasteiger charge is -2.34. The van der Waals surface area contributed by atoms with Crippen molar-refractivity contribution in [3.63, 3.8) is 0 Å². The van der Waals surface area contributed by atoms with Crippen LogP contribution in [0.3, 0.4) is 0 Å². The first-order valence-electron chi connectivity index (χ1n) is 6.38. The Morgan fingerprint density at radius 1 is 1.50 bits per heavy atom. The van der Waals surface area contributed by atoms with E-state index in [4.69, 9.17) is 0 Å². The van der Waals surface area contributed by atoms with Crippen LogP contribution in [-0.4, -0.2) is 5.67 Å². The van der Waals surface area contributed by atoms with Crippen molar-refractivity contribution in [3.05, 3.63) is 29.5 Å². The molecule has 1 saturated carbocycles. The lowest BCUT2D eigenvalue weighted by molar-refractivity contribution is 0.0865. The Labute approximate surface area is 97.9 Å². The summed E-state index contributed by atoms with van der Waals surface area (Å²) in [5, 5.41) is 0. The molecular formula is C15H21F. The molecule has 0 radical (unpaired) electrons. The normalized spacial score (nSPS) is 35.2. The Kier molecular flexibility index (Phi) is 3.35. The minimum Gasteiger partial charge on any atom is -0.244 e. The zero-order valence-corrected chi connectivity index (χ0v) is 10.3. The quantitative estimate of drug-likeness (QED) is 0.611. The van der Waals surface area contributed by atoms with Crippen LogP contribution >= 0.6 is 0 Å². The number of allylic oxidation sites excluding steroid dienone is 3. The van der Waals surface area contributed by atoms with E-state index >= 15 is 0 Å². The predicted octanol–water partition coefficient (Wildman–Crippen LogP) is 4.58. The van der Waals surface area contributed by atoms with E-state index in [1.807, 2.05) is 12.2 Å². The van der Waals surface area contributed by atoms with E-state index in [-0.39, 0.29) is 0 Å². The Morgan fingerprint density at radius 2 is 2.19 bits per heavy atom. The molecule has 1 heteroatoms. The van der Waals surface area contributed by atoms with Crippen molar-refractivity contribution in [1.29, 1.82) is 0 Å². The van der Waals surface area contributed by atoms with Crippen molar-refractivity contribution in [1.82, 2.24) is 0 Å². The van der Waals surface area contributed by atoms with Gasteiger partial charge in [-0.3, -0.25) is 0 Å². The molecule has 2 aliphatic rings. The number of hydrogen-bond acceptors (Lipinski definition) is 0. The van der Waals surface area contributed by atoms with E-state index in [0.717, 1.165) is 32.1 Å². The average Bonchev–Trinajstić information content (AvgIpc) is 2.70. The third kappa shape index (κ3) is 2.86. The standard InChI is InChI=1S/C15H21F/c1-12(11-13-5-3-4-6-13)14-7-9-15(2,16)10-8-14/h3-5,12,14H,7-11H2,1-2H3. The molecule has 0 bridgehead atoms. The van der Waals surface area contributed by atoms with Gasteiger partial charge >= 0.3 is 0 Å². The van der Waals surface area contributed by atoms with Crippen molar-refractivity contribution < 1.29 is 4.39 Å². The highest BCUT2D eigenvalue weighted by Crippen LogP contribution is 2.39. The molecule has 0 amide bonds. The molecule has 1 fully saturated rings. The minimum atomic E-state index is -0.900. The van der Waals surface area contributed by atoms with E-state index in [1.54, 1.807) is 6.92 Å². The summed E-state index contributed by atoms with van der Waals surface area (Å²) in [7, 11) is 0. The largest absolute Gasteiger partial charge is 0.244 e. The molecule has 0 aromatic carbocycles. The van der Waals surface area contributed by atoms with Crippen LogP contribution in [0.25, 0.3) is 0 Å². The van der Waals surface area contributed by atoms with E-state index in [2.05, 4.69) is 18.7 Å². The Morgan fingerprint density at radius 3 is 2.75 bits per heavy atom. The van der Waals surface area contributed by atoms with Crippen LogP contribution in [0.15, 0.2) is 29.5 Å². The van der Waals surface area contributed by atoms with Gasteiger partial charge in [0.05, 0.1) is 0 Å². The SMILES string of the molecule is CC(CC1=C=CC=C1)C1CCC(C)(F)CC1. The monoisotopic (exact) mass is 220 g/mol. The summed E-state index contributed by atoms with van der Waals surface area (Å²) in [5.41, 5.74) is 3.66. The third-order valence-corrected chi connectivity index (χ3v) is 4.08. The maximum atomic E-state index is 13.7. The van der Waals surface area contributed by atoms with Crippen LogP contribution in [0.5, 0.6) is 0 Å². The van der Waals surface area contributed by atoms with Gasteiger partial charge in [-0.1, -0.05) is 19.1 Å². The van der Waals surface area contributed by atoms with Crippen molar-refractivity contribution in [2.45, 2.75) is 51.6 Å². The molecule has 16 heavy (non-hydrogen) atoms. The maximum Gasteiger partial charge on any atom is 0.108 e. The first-order chi connectivity index (χ1) is 7.57. The molecule has 1 atom stereocenters. The van der Waals surface area contributed by atoms with E-state index in [9.17, 15) is 4.39 Å². The molecule has 2 rings (SSSR count). The minimum absolute atomic E-state index is 0.662. The number of rotatable bonds is 3. The van der Waals surface area contributed by atoms with E-state index < -0.39 is 5.67 Å². The van der Waals surface area contributed by atoms with Gasteiger partial charge in [-0.25, -0.2) is 4.39 Å². The summed E-state index contributed by atoms with van der Waals surface area (Å²) in [4.78, 5) is 0. The summed E-state index contributed by atoms with van der Waals surface area (Å²) in [6, 6.07) is 0. The molecule has 0 saturated heterocycles. The first-order valence-corrected chi connectivity index (χ1v) is 6.38. The van der Waals surface area contributed by atoms with Crippen molar-refractivity contribution in [2.75, 3.05) is 0 Å². The third-order valence-electron chi connectivity index (χ3n) is 4.08. The molecule has 0 aromatic heterocycles. The van der Waals surface area contributed by atoms with Crippen molar-refractivity contribution in [2.24, 2.45) is 11.8 Å². The fourth-order valence-corrected chi connectivity index (χ4v) is 2.82. The fourth-order valence-electron chi connectivity index (χ4n) is 2.82. The maximum absolute atomic E-state index is 13.7. The predicted molar refractivity (Wildman–Crippen MR) is 66.0 cm³/mol. The lowest BCUT2D eigenvalue weighted by atomic mass is 9.74. The van der Waals surface area contributed by atoms with Crippen LogP contribution in [0.4, 0.5) is 4.39 Å². The molecule has 2 aliphatic carbocycles. The second-order valence-electron chi connectivity index (χ2n) is 5.63. The molecule has 88 valence electrons. The molecule has 1 unspecified atom stereocenters. The molecule has 0 aromatic rings. The highest BCUT2D eigenvalue weighted by molar-refractivity contribution is 5.29. The van der Waals surface area contributed by atoms with Crippen LogP contribution in [0, 0.1) is 11.8 Å². The highest BCUT2D eigenvalue weighted by atomic mass is 19.1. The summed E-state index contributed by atoms with van der Waals surface area (Å²) < 4.78 is 13.7. The van der Waals surface area contributed by atoms with Crippen LogP contribution in [-0.2, 0) is 0 Å². The Balaban J connectivity index is 1.84. The van der Waals surface area contributed by atoms with Gasteiger partial charge in [0.25, 0.3) is 0 Å². The molecule has 0 aliphatic heterocycles. The second-order valence-corrected chi connectivity index (χ2v) is 5.63. The van der Waals surface area contributed by atoms with Gasteiger partial charge in [-0.05, 0) is 62.5 Å². The smallest absolute Gasteiger partial charge is 0.108 e. The van der Waals surface area contributed by atoms with Gasteiger partial charge in [-0.15, -0.1) is 5.73 Å². The molecule has 0 spiro atoms. The average molecular weight is 220 g/mol. The Bertz CT molecular complexity index is 332.